The molecular weight excluding hydrogens is 224 g/mol. The Labute approximate surface area is 110 Å². The van der Waals surface area contributed by atoms with Crippen molar-refractivity contribution in [1.82, 2.24) is 4.90 Å². The summed E-state index contributed by atoms with van der Waals surface area (Å²) in [5.74, 6) is 0.828. The summed E-state index contributed by atoms with van der Waals surface area (Å²) >= 11 is 0. The quantitative estimate of drug-likeness (QED) is 0.803. The zero-order chi connectivity index (χ0) is 13.0. The van der Waals surface area contributed by atoms with Crippen LogP contribution in [-0.2, 0) is 5.54 Å². The van der Waals surface area contributed by atoms with Gasteiger partial charge in [0.25, 0.3) is 0 Å². The molecule has 1 aliphatic carbocycles. The molecule has 0 heterocycles. The van der Waals surface area contributed by atoms with E-state index in [2.05, 4.69) is 11.9 Å². The summed E-state index contributed by atoms with van der Waals surface area (Å²) in [6.45, 7) is 1.77. The van der Waals surface area contributed by atoms with E-state index >= 15 is 0 Å². The highest BCUT2D eigenvalue weighted by Crippen LogP contribution is 2.27. The molecule has 3 heteroatoms. The zero-order valence-corrected chi connectivity index (χ0v) is 11.2. The van der Waals surface area contributed by atoms with Gasteiger partial charge < -0.3 is 15.7 Å². The molecule has 0 radical (unpaired) electrons. The van der Waals surface area contributed by atoms with Gasteiger partial charge in [-0.2, -0.15) is 0 Å². The Bertz CT molecular complexity index is 364. The van der Waals surface area contributed by atoms with Gasteiger partial charge in [0.1, 0.15) is 0 Å². The fourth-order valence-corrected chi connectivity index (χ4v) is 2.67. The molecule has 1 atom stereocenters. The third-order valence-corrected chi connectivity index (χ3v) is 3.98. The van der Waals surface area contributed by atoms with Gasteiger partial charge in [0.05, 0.1) is 12.1 Å². The maximum absolute atomic E-state index is 9.64. The van der Waals surface area contributed by atoms with Gasteiger partial charge in [-0.1, -0.05) is 36.8 Å². The van der Waals surface area contributed by atoms with Crippen molar-refractivity contribution in [2.24, 2.45) is 11.7 Å². The van der Waals surface area contributed by atoms with Crippen molar-refractivity contribution in [3.8, 4) is 0 Å². The lowest BCUT2D eigenvalue weighted by atomic mass is 9.84. The molecule has 0 spiro atoms. The monoisotopic (exact) mass is 248 g/mol. The number of aliphatic hydroxyl groups is 1. The first-order valence-electron chi connectivity index (χ1n) is 6.78. The number of benzene rings is 1. The van der Waals surface area contributed by atoms with Gasteiger partial charge in [-0.05, 0) is 31.4 Å². The molecule has 100 valence electrons. The predicted octanol–water partition coefficient (Wildman–Crippen LogP) is 1.56. The molecule has 3 nitrogen and oxygen atoms in total. The van der Waals surface area contributed by atoms with E-state index in [1.54, 1.807) is 0 Å². The van der Waals surface area contributed by atoms with Gasteiger partial charge in [0, 0.05) is 13.1 Å². The molecule has 1 saturated carbocycles. The zero-order valence-electron chi connectivity index (χ0n) is 11.2. The minimum Gasteiger partial charge on any atom is -0.394 e. The van der Waals surface area contributed by atoms with Crippen LogP contribution in [0.25, 0.3) is 0 Å². The lowest BCUT2D eigenvalue weighted by molar-refractivity contribution is 0.126. The van der Waals surface area contributed by atoms with Crippen molar-refractivity contribution in [2.75, 3.05) is 26.7 Å². The van der Waals surface area contributed by atoms with Gasteiger partial charge in [-0.25, -0.2) is 0 Å². The molecule has 0 aliphatic heterocycles. The second-order valence-corrected chi connectivity index (χ2v) is 5.67. The van der Waals surface area contributed by atoms with E-state index in [-0.39, 0.29) is 6.61 Å². The Kier molecular flexibility index (Phi) is 4.38. The van der Waals surface area contributed by atoms with Crippen LogP contribution in [0, 0.1) is 5.92 Å². The average Bonchev–Trinajstić information content (AvgIpc) is 2.35. The largest absolute Gasteiger partial charge is 0.394 e. The number of aliphatic hydroxyl groups excluding tert-OH is 1. The highest BCUT2D eigenvalue weighted by Gasteiger charge is 2.29. The Morgan fingerprint density at radius 2 is 2.00 bits per heavy atom. The van der Waals surface area contributed by atoms with E-state index in [1.807, 2.05) is 30.3 Å². The second kappa shape index (κ2) is 5.83. The predicted molar refractivity (Wildman–Crippen MR) is 74.2 cm³/mol. The van der Waals surface area contributed by atoms with Crippen LogP contribution >= 0.6 is 0 Å². The SMILES string of the molecule is CN(CC1CCC1)CC(N)(CO)c1ccccc1. The topological polar surface area (TPSA) is 49.5 Å². The smallest absolute Gasteiger partial charge is 0.0772 e. The van der Waals surface area contributed by atoms with E-state index in [0.29, 0.717) is 6.54 Å². The summed E-state index contributed by atoms with van der Waals surface area (Å²) in [4.78, 5) is 2.26. The first-order valence-corrected chi connectivity index (χ1v) is 6.78. The maximum atomic E-state index is 9.64. The van der Waals surface area contributed by atoms with Crippen molar-refractivity contribution in [2.45, 2.75) is 24.8 Å². The van der Waals surface area contributed by atoms with Gasteiger partial charge in [0.15, 0.2) is 0 Å². The van der Waals surface area contributed by atoms with Crippen molar-refractivity contribution >= 4 is 0 Å². The van der Waals surface area contributed by atoms with Gasteiger partial charge in [-0.15, -0.1) is 0 Å². The number of nitrogens with two attached hydrogens (primary N) is 1. The normalized spacial score (nSPS) is 19.6. The number of hydrogen-bond donors (Lipinski definition) is 2. The molecule has 0 aromatic heterocycles. The maximum Gasteiger partial charge on any atom is 0.0772 e. The first-order chi connectivity index (χ1) is 8.64. The van der Waals surface area contributed by atoms with Gasteiger partial charge in [-0.3, -0.25) is 0 Å². The molecule has 0 bridgehead atoms. The molecule has 2 rings (SSSR count). The lowest BCUT2D eigenvalue weighted by Gasteiger charge is -2.36. The Morgan fingerprint density at radius 3 is 2.50 bits per heavy atom. The van der Waals surface area contributed by atoms with Crippen molar-refractivity contribution in [3.05, 3.63) is 35.9 Å². The summed E-state index contributed by atoms with van der Waals surface area (Å²) < 4.78 is 0. The van der Waals surface area contributed by atoms with Gasteiger partial charge in [0.2, 0.25) is 0 Å². The van der Waals surface area contributed by atoms with E-state index in [4.69, 9.17) is 5.73 Å². The van der Waals surface area contributed by atoms with Crippen LogP contribution in [0.3, 0.4) is 0 Å². The van der Waals surface area contributed by atoms with Crippen molar-refractivity contribution in [1.29, 1.82) is 0 Å². The number of nitrogens with zero attached hydrogens (tertiary/aromatic N) is 1. The standard InChI is InChI=1S/C15H24N2O/c1-17(10-13-6-5-7-13)11-15(16,12-18)14-8-3-2-4-9-14/h2-4,8-9,13,18H,5-7,10-12,16H2,1H3. The second-order valence-electron chi connectivity index (χ2n) is 5.67. The fraction of sp³-hybridized carbons (Fsp3) is 0.600. The van der Waals surface area contributed by atoms with Crippen LogP contribution in [0.1, 0.15) is 24.8 Å². The van der Waals surface area contributed by atoms with Crippen LogP contribution in [0.2, 0.25) is 0 Å². The molecule has 3 N–H and O–H groups in total. The molecule has 18 heavy (non-hydrogen) atoms. The molecule has 1 aromatic carbocycles. The first kappa shape index (κ1) is 13.5. The van der Waals surface area contributed by atoms with E-state index in [0.717, 1.165) is 18.0 Å². The Balaban J connectivity index is 1.98. The highest BCUT2D eigenvalue weighted by atomic mass is 16.3. The third-order valence-electron chi connectivity index (χ3n) is 3.98. The van der Waals surface area contributed by atoms with E-state index in [9.17, 15) is 5.11 Å². The molecule has 0 saturated heterocycles. The van der Waals surface area contributed by atoms with Crippen LogP contribution < -0.4 is 5.73 Å². The minimum absolute atomic E-state index is 0.0218. The molecule has 1 aliphatic rings. The fourth-order valence-electron chi connectivity index (χ4n) is 2.67. The number of likely N-dealkylation sites (N-methyl/N-ethyl adjacent to an activating group) is 1. The van der Waals surface area contributed by atoms with Crippen LogP contribution in [0.4, 0.5) is 0 Å². The molecule has 1 fully saturated rings. The van der Waals surface area contributed by atoms with E-state index in [1.165, 1.54) is 19.3 Å². The summed E-state index contributed by atoms with van der Waals surface area (Å²) in [5, 5.41) is 9.64. The third kappa shape index (κ3) is 3.10. The van der Waals surface area contributed by atoms with Crippen LogP contribution in [-0.4, -0.2) is 36.8 Å². The summed E-state index contributed by atoms with van der Waals surface area (Å²) in [7, 11) is 2.10. The molecular formula is C15H24N2O. The van der Waals surface area contributed by atoms with E-state index < -0.39 is 5.54 Å². The van der Waals surface area contributed by atoms with Crippen molar-refractivity contribution in [3.63, 3.8) is 0 Å². The lowest BCUT2D eigenvalue weighted by Crippen LogP contribution is -2.50. The highest BCUT2D eigenvalue weighted by molar-refractivity contribution is 5.24. The summed E-state index contributed by atoms with van der Waals surface area (Å²) in [6, 6.07) is 9.90. The van der Waals surface area contributed by atoms with Crippen LogP contribution in [0.15, 0.2) is 30.3 Å². The van der Waals surface area contributed by atoms with Gasteiger partial charge >= 0.3 is 0 Å². The molecule has 1 unspecified atom stereocenters. The number of rotatable bonds is 6. The Hall–Kier alpha value is -0.900. The summed E-state index contributed by atoms with van der Waals surface area (Å²) in [6.07, 6.45) is 4.05. The molecule has 1 aromatic rings. The molecule has 0 amide bonds. The summed E-state index contributed by atoms with van der Waals surface area (Å²) in [5.41, 5.74) is 6.72. The number of hydrogen-bond acceptors (Lipinski definition) is 3. The van der Waals surface area contributed by atoms with Crippen LogP contribution in [0.5, 0.6) is 0 Å². The minimum atomic E-state index is -0.653. The average molecular weight is 248 g/mol. The van der Waals surface area contributed by atoms with Crippen molar-refractivity contribution < 1.29 is 5.11 Å². The Morgan fingerprint density at radius 1 is 1.33 bits per heavy atom.